The highest BCUT2D eigenvalue weighted by molar-refractivity contribution is 8.14. The zero-order valence-corrected chi connectivity index (χ0v) is 12.7. The molecule has 1 aromatic carbocycles. The predicted octanol–water partition coefficient (Wildman–Crippen LogP) is 3.87. The van der Waals surface area contributed by atoms with Gasteiger partial charge in [0.25, 0.3) is 0 Å². The largest absolute Gasteiger partial charge is 0.362 e. The number of hydrogen-bond donors (Lipinski definition) is 1. The van der Waals surface area contributed by atoms with Crippen LogP contribution in [0.4, 0.5) is 0 Å². The van der Waals surface area contributed by atoms with Gasteiger partial charge in [0, 0.05) is 11.8 Å². The fraction of sp³-hybridized carbons (Fsp3) is 0.562. The van der Waals surface area contributed by atoms with E-state index in [-0.39, 0.29) is 0 Å². The van der Waals surface area contributed by atoms with Crippen LogP contribution < -0.4 is 5.32 Å². The number of amidine groups is 1. The van der Waals surface area contributed by atoms with Crippen molar-refractivity contribution in [3.8, 4) is 0 Å². The summed E-state index contributed by atoms with van der Waals surface area (Å²) in [5, 5.41) is 4.75. The number of thioether (sulfide) groups is 1. The first kappa shape index (κ1) is 14.4. The lowest BCUT2D eigenvalue weighted by molar-refractivity contribution is 0.538. The highest BCUT2D eigenvalue weighted by Crippen LogP contribution is 2.21. The Bertz CT molecular complexity index is 402. The summed E-state index contributed by atoms with van der Waals surface area (Å²) in [6, 6.07) is 11.7. The standard InChI is InChI=1S/C16H24N2S/c1-3-8-14(4-2)17-16-18-15(12-19-16)11-13-9-6-5-7-10-13/h5-7,9-10,14-15H,3-4,8,11-12H2,1-2H3,(H,17,18). The second kappa shape index (κ2) is 7.59. The number of nitrogens with zero attached hydrogens (tertiary/aromatic N) is 1. The molecular weight excluding hydrogens is 252 g/mol. The van der Waals surface area contributed by atoms with Gasteiger partial charge in [0.1, 0.15) is 0 Å². The molecule has 1 aliphatic heterocycles. The number of hydrogen-bond acceptors (Lipinski definition) is 3. The summed E-state index contributed by atoms with van der Waals surface area (Å²) in [5.41, 5.74) is 1.39. The van der Waals surface area contributed by atoms with E-state index in [9.17, 15) is 0 Å². The topological polar surface area (TPSA) is 24.4 Å². The summed E-state index contributed by atoms with van der Waals surface area (Å²) < 4.78 is 0. The lowest BCUT2D eigenvalue weighted by atomic mass is 10.1. The maximum absolute atomic E-state index is 4.82. The Kier molecular flexibility index (Phi) is 5.77. The molecule has 0 radical (unpaired) electrons. The van der Waals surface area contributed by atoms with Gasteiger partial charge in [0.2, 0.25) is 0 Å². The maximum atomic E-state index is 4.82. The van der Waals surface area contributed by atoms with Crippen molar-refractivity contribution in [3.63, 3.8) is 0 Å². The monoisotopic (exact) mass is 276 g/mol. The molecule has 19 heavy (non-hydrogen) atoms. The van der Waals surface area contributed by atoms with Crippen molar-refractivity contribution in [1.29, 1.82) is 0 Å². The summed E-state index contributed by atoms with van der Waals surface area (Å²) in [5.74, 6) is 1.11. The van der Waals surface area contributed by atoms with Crippen LogP contribution in [-0.4, -0.2) is 23.0 Å². The van der Waals surface area contributed by atoms with Crippen LogP contribution in [0.5, 0.6) is 0 Å². The molecule has 2 nitrogen and oxygen atoms in total. The van der Waals surface area contributed by atoms with E-state index in [1.54, 1.807) is 0 Å². The first-order valence-corrected chi connectivity index (χ1v) is 8.31. The quantitative estimate of drug-likeness (QED) is 0.853. The fourth-order valence-electron chi connectivity index (χ4n) is 2.39. The summed E-state index contributed by atoms with van der Waals surface area (Å²) in [6.07, 6.45) is 4.71. The molecule has 2 unspecified atom stereocenters. The van der Waals surface area contributed by atoms with Crippen molar-refractivity contribution in [2.24, 2.45) is 4.99 Å². The molecule has 0 spiro atoms. The molecule has 0 saturated heterocycles. The molecule has 104 valence electrons. The number of nitrogens with one attached hydrogen (secondary N) is 1. The van der Waals surface area contributed by atoms with Gasteiger partial charge in [-0.15, -0.1) is 0 Å². The summed E-state index contributed by atoms with van der Waals surface area (Å²) in [4.78, 5) is 4.82. The van der Waals surface area contributed by atoms with Gasteiger partial charge in [-0.1, -0.05) is 62.4 Å². The predicted molar refractivity (Wildman–Crippen MR) is 85.9 cm³/mol. The van der Waals surface area contributed by atoms with Crippen LogP contribution in [0.15, 0.2) is 35.3 Å². The highest BCUT2D eigenvalue weighted by atomic mass is 32.2. The zero-order chi connectivity index (χ0) is 13.5. The van der Waals surface area contributed by atoms with E-state index in [0.29, 0.717) is 12.1 Å². The number of aliphatic imine (C=N–C) groups is 1. The van der Waals surface area contributed by atoms with Crippen LogP contribution in [0.1, 0.15) is 38.7 Å². The lowest BCUT2D eigenvalue weighted by Crippen LogP contribution is -2.31. The van der Waals surface area contributed by atoms with Crippen molar-refractivity contribution < 1.29 is 0 Å². The minimum absolute atomic E-state index is 0.439. The van der Waals surface area contributed by atoms with E-state index in [1.165, 1.54) is 24.8 Å². The van der Waals surface area contributed by atoms with Gasteiger partial charge < -0.3 is 5.32 Å². The molecule has 2 rings (SSSR count). The molecule has 3 heteroatoms. The molecule has 0 saturated carbocycles. The van der Waals surface area contributed by atoms with E-state index in [1.807, 2.05) is 11.8 Å². The Hall–Kier alpha value is -0.960. The van der Waals surface area contributed by atoms with E-state index in [2.05, 4.69) is 49.5 Å². The summed E-state index contributed by atoms with van der Waals surface area (Å²) in [7, 11) is 0. The molecule has 1 aromatic rings. The van der Waals surface area contributed by atoms with Gasteiger partial charge in [0.15, 0.2) is 5.17 Å². The summed E-state index contributed by atoms with van der Waals surface area (Å²) in [6.45, 7) is 4.49. The third-order valence-electron chi connectivity index (χ3n) is 3.48. The minimum atomic E-state index is 0.439. The Morgan fingerprint density at radius 1 is 1.32 bits per heavy atom. The van der Waals surface area contributed by atoms with Crippen LogP contribution in [-0.2, 0) is 6.42 Å². The second-order valence-electron chi connectivity index (χ2n) is 5.13. The Balaban J connectivity index is 1.86. The Morgan fingerprint density at radius 2 is 2.11 bits per heavy atom. The fourth-order valence-corrected chi connectivity index (χ4v) is 3.40. The number of rotatable bonds is 6. The van der Waals surface area contributed by atoms with E-state index >= 15 is 0 Å². The lowest BCUT2D eigenvalue weighted by Gasteiger charge is -2.16. The molecule has 0 aromatic heterocycles. The summed E-state index contributed by atoms with van der Waals surface area (Å²) >= 11 is 1.88. The van der Waals surface area contributed by atoms with Crippen molar-refractivity contribution in [3.05, 3.63) is 35.9 Å². The molecule has 0 aliphatic carbocycles. The Morgan fingerprint density at radius 3 is 2.79 bits per heavy atom. The van der Waals surface area contributed by atoms with Gasteiger partial charge in [0.05, 0.1) is 6.04 Å². The second-order valence-corrected chi connectivity index (χ2v) is 6.14. The van der Waals surface area contributed by atoms with Crippen molar-refractivity contribution in [2.75, 3.05) is 5.75 Å². The molecule has 1 aliphatic rings. The molecule has 2 atom stereocenters. The van der Waals surface area contributed by atoms with Crippen LogP contribution in [0.3, 0.4) is 0 Å². The van der Waals surface area contributed by atoms with Crippen molar-refractivity contribution >= 4 is 16.9 Å². The van der Waals surface area contributed by atoms with Crippen LogP contribution in [0.25, 0.3) is 0 Å². The van der Waals surface area contributed by atoms with Gasteiger partial charge >= 0.3 is 0 Å². The first-order chi connectivity index (χ1) is 9.31. The van der Waals surface area contributed by atoms with Crippen LogP contribution in [0.2, 0.25) is 0 Å². The third kappa shape index (κ3) is 4.57. The van der Waals surface area contributed by atoms with E-state index in [4.69, 9.17) is 4.99 Å². The van der Waals surface area contributed by atoms with Crippen molar-refractivity contribution in [1.82, 2.24) is 5.32 Å². The SMILES string of the molecule is CCCC(CC)NC1=NC(Cc2ccccc2)CS1. The normalized spacial score (nSPS) is 20.1. The van der Waals surface area contributed by atoms with Crippen LogP contribution in [0, 0.1) is 0 Å². The molecule has 1 N–H and O–H groups in total. The van der Waals surface area contributed by atoms with E-state index < -0.39 is 0 Å². The molecule has 0 fully saturated rings. The average molecular weight is 276 g/mol. The molecule has 0 amide bonds. The minimum Gasteiger partial charge on any atom is -0.362 e. The van der Waals surface area contributed by atoms with Crippen molar-refractivity contribution in [2.45, 2.75) is 51.6 Å². The third-order valence-corrected chi connectivity index (χ3v) is 4.53. The van der Waals surface area contributed by atoms with Gasteiger partial charge in [-0.2, -0.15) is 0 Å². The smallest absolute Gasteiger partial charge is 0.157 e. The molecule has 1 heterocycles. The Labute approximate surface area is 121 Å². The van der Waals surface area contributed by atoms with Gasteiger partial charge in [-0.25, -0.2) is 0 Å². The zero-order valence-electron chi connectivity index (χ0n) is 11.9. The first-order valence-electron chi connectivity index (χ1n) is 7.32. The van der Waals surface area contributed by atoms with Gasteiger partial charge in [-0.3, -0.25) is 4.99 Å². The molecule has 0 bridgehead atoms. The van der Waals surface area contributed by atoms with Crippen LogP contribution >= 0.6 is 11.8 Å². The maximum Gasteiger partial charge on any atom is 0.157 e. The average Bonchev–Trinajstić information content (AvgIpc) is 2.86. The number of benzene rings is 1. The van der Waals surface area contributed by atoms with E-state index in [0.717, 1.165) is 17.3 Å². The molecular formula is C16H24N2S. The highest BCUT2D eigenvalue weighted by Gasteiger charge is 2.20. The van der Waals surface area contributed by atoms with Gasteiger partial charge in [-0.05, 0) is 24.8 Å².